The molecule has 2 aliphatic rings. The maximum atomic E-state index is 13.0. The SMILES string of the molecule is CCCCN1CC2=C(C1=O)[C@H](c1cc(OC)cc(OC)c1)NC(=O)N2C. The number of hydrogen-bond acceptors (Lipinski definition) is 4. The second-order valence-electron chi connectivity index (χ2n) is 6.53. The molecular weight excluding hydrogens is 334 g/mol. The number of ether oxygens (including phenoxy) is 2. The predicted octanol–water partition coefficient (Wildman–Crippen LogP) is 2.30. The van der Waals surface area contributed by atoms with Crippen LogP contribution in [0.5, 0.6) is 11.5 Å². The van der Waals surface area contributed by atoms with Crippen LogP contribution in [0.4, 0.5) is 4.79 Å². The van der Waals surface area contributed by atoms with Crippen molar-refractivity contribution in [1.29, 1.82) is 0 Å². The van der Waals surface area contributed by atoms with E-state index in [1.54, 1.807) is 27.3 Å². The first kappa shape index (κ1) is 18.1. The maximum absolute atomic E-state index is 13.0. The zero-order valence-corrected chi connectivity index (χ0v) is 15.7. The number of urea groups is 1. The van der Waals surface area contributed by atoms with E-state index in [2.05, 4.69) is 12.2 Å². The highest BCUT2D eigenvalue weighted by Crippen LogP contribution is 2.38. The summed E-state index contributed by atoms with van der Waals surface area (Å²) in [4.78, 5) is 28.8. The molecule has 0 aliphatic carbocycles. The van der Waals surface area contributed by atoms with Gasteiger partial charge in [0.05, 0.1) is 38.1 Å². The molecule has 3 rings (SSSR count). The van der Waals surface area contributed by atoms with Gasteiger partial charge in [-0.15, -0.1) is 0 Å². The van der Waals surface area contributed by atoms with Crippen molar-refractivity contribution in [2.24, 2.45) is 0 Å². The van der Waals surface area contributed by atoms with Crippen LogP contribution >= 0.6 is 0 Å². The van der Waals surface area contributed by atoms with Crippen LogP contribution in [0.1, 0.15) is 31.4 Å². The molecule has 2 heterocycles. The van der Waals surface area contributed by atoms with E-state index in [0.717, 1.165) is 24.1 Å². The van der Waals surface area contributed by atoms with E-state index in [1.165, 1.54) is 4.90 Å². The van der Waals surface area contributed by atoms with E-state index < -0.39 is 6.04 Å². The topological polar surface area (TPSA) is 71.1 Å². The Kier molecular flexibility index (Phi) is 5.06. The van der Waals surface area contributed by atoms with Gasteiger partial charge in [-0.05, 0) is 24.1 Å². The van der Waals surface area contributed by atoms with E-state index in [1.807, 2.05) is 17.0 Å². The Hall–Kier alpha value is -2.70. The van der Waals surface area contributed by atoms with Crippen molar-refractivity contribution in [3.05, 3.63) is 35.0 Å². The van der Waals surface area contributed by atoms with Crippen molar-refractivity contribution in [1.82, 2.24) is 15.1 Å². The number of hydrogen-bond donors (Lipinski definition) is 1. The average molecular weight is 359 g/mol. The molecular formula is C19H25N3O4. The first-order valence-electron chi connectivity index (χ1n) is 8.79. The molecule has 0 spiro atoms. The number of amides is 3. The molecule has 2 aliphatic heterocycles. The number of nitrogens with zero attached hydrogens (tertiary/aromatic N) is 2. The number of methoxy groups -OCH3 is 2. The molecule has 1 N–H and O–H groups in total. The molecule has 1 aromatic carbocycles. The fraction of sp³-hybridized carbons (Fsp3) is 0.474. The largest absolute Gasteiger partial charge is 0.497 e. The molecule has 26 heavy (non-hydrogen) atoms. The fourth-order valence-corrected chi connectivity index (χ4v) is 3.40. The van der Waals surface area contributed by atoms with Crippen LogP contribution in [0.3, 0.4) is 0 Å². The Bertz CT molecular complexity index is 737. The molecule has 0 fully saturated rings. The normalized spacial score (nSPS) is 19.6. The van der Waals surface area contributed by atoms with Gasteiger partial charge < -0.3 is 19.7 Å². The number of rotatable bonds is 6. The van der Waals surface area contributed by atoms with Gasteiger partial charge in [-0.25, -0.2) is 4.79 Å². The number of carbonyl (C=O) groups excluding carboxylic acids is 2. The van der Waals surface area contributed by atoms with Crippen molar-refractivity contribution < 1.29 is 19.1 Å². The summed E-state index contributed by atoms with van der Waals surface area (Å²) in [6, 6.07) is 4.67. The Balaban J connectivity index is 2.02. The van der Waals surface area contributed by atoms with Gasteiger partial charge in [-0.1, -0.05) is 13.3 Å². The Morgan fingerprint density at radius 3 is 2.38 bits per heavy atom. The number of likely N-dealkylation sites (N-methyl/N-ethyl adjacent to an activating group) is 1. The molecule has 1 aromatic rings. The predicted molar refractivity (Wildman–Crippen MR) is 97.1 cm³/mol. The minimum absolute atomic E-state index is 0.0212. The van der Waals surface area contributed by atoms with Gasteiger partial charge in [-0.2, -0.15) is 0 Å². The molecule has 140 valence electrons. The second kappa shape index (κ2) is 7.27. The van der Waals surface area contributed by atoms with Crippen LogP contribution in [-0.4, -0.2) is 56.1 Å². The molecule has 0 radical (unpaired) electrons. The number of carbonyl (C=O) groups is 2. The zero-order chi connectivity index (χ0) is 18.8. The average Bonchev–Trinajstić information content (AvgIpc) is 2.99. The fourth-order valence-electron chi connectivity index (χ4n) is 3.40. The second-order valence-corrected chi connectivity index (χ2v) is 6.53. The number of nitrogens with one attached hydrogen (secondary N) is 1. The van der Waals surface area contributed by atoms with Crippen molar-refractivity contribution in [2.45, 2.75) is 25.8 Å². The van der Waals surface area contributed by atoms with Gasteiger partial charge in [0.25, 0.3) is 5.91 Å². The van der Waals surface area contributed by atoms with Gasteiger partial charge in [-0.3, -0.25) is 9.69 Å². The van der Waals surface area contributed by atoms with E-state index >= 15 is 0 Å². The quantitative estimate of drug-likeness (QED) is 0.846. The third-order valence-electron chi connectivity index (χ3n) is 4.92. The molecule has 1 atom stereocenters. The van der Waals surface area contributed by atoms with E-state index in [-0.39, 0.29) is 11.9 Å². The lowest BCUT2D eigenvalue weighted by Gasteiger charge is -2.31. The summed E-state index contributed by atoms with van der Waals surface area (Å²) in [5.74, 6) is 1.21. The van der Waals surface area contributed by atoms with Crippen molar-refractivity contribution in [3.8, 4) is 11.5 Å². The first-order chi connectivity index (χ1) is 12.5. The summed E-state index contributed by atoms with van der Waals surface area (Å²) < 4.78 is 10.7. The van der Waals surface area contributed by atoms with Crippen LogP contribution in [0.15, 0.2) is 29.5 Å². The molecule has 3 amide bonds. The molecule has 0 saturated heterocycles. The van der Waals surface area contributed by atoms with E-state index in [0.29, 0.717) is 30.2 Å². The highest BCUT2D eigenvalue weighted by molar-refractivity contribution is 6.01. The van der Waals surface area contributed by atoms with Gasteiger partial charge in [0.15, 0.2) is 0 Å². The Morgan fingerprint density at radius 2 is 1.81 bits per heavy atom. The number of unbranched alkanes of at least 4 members (excludes halogenated alkanes) is 1. The van der Waals surface area contributed by atoms with Gasteiger partial charge in [0, 0.05) is 19.7 Å². The minimum atomic E-state index is -0.517. The van der Waals surface area contributed by atoms with Crippen LogP contribution in [-0.2, 0) is 4.79 Å². The summed E-state index contributed by atoms with van der Waals surface area (Å²) in [7, 11) is 4.84. The summed E-state index contributed by atoms with van der Waals surface area (Å²) >= 11 is 0. The monoisotopic (exact) mass is 359 g/mol. The molecule has 7 heteroatoms. The maximum Gasteiger partial charge on any atom is 0.322 e. The van der Waals surface area contributed by atoms with Gasteiger partial charge >= 0.3 is 6.03 Å². The Labute approximate surface area is 153 Å². The minimum Gasteiger partial charge on any atom is -0.497 e. The van der Waals surface area contributed by atoms with Crippen LogP contribution < -0.4 is 14.8 Å². The summed E-state index contributed by atoms with van der Waals surface area (Å²) in [5, 5.41) is 2.93. The van der Waals surface area contributed by atoms with Crippen molar-refractivity contribution in [2.75, 3.05) is 34.4 Å². The third-order valence-corrected chi connectivity index (χ3v) is 4.92. The summed E-state index contributed by atoms with van der Waals surface area (Å²) in [6.45, 7) is 3.25. The lowest BCUT2D eigenvalue weighted by atomic mass is 9.95. The van der Waals surface area contributed by atoms with Crippen LogP contribution in [0.25, 0.3) is 0 Å². The molecule has 0 bridgehead atoms. The van der Waals surface area contributed by atoms with Crippen LogP contribution in [0.2, 0.25) is 0 Å². The van der Waals surface area contributed by atoms with Crippen molar-refractivity contribution in [3.63, 3.8) is 0 Å². The third kappa shape index (κ3) is 3.09. The van der Waals surface area contributed by atoms with Crippen LogP contribution in [0, 0.1) is 0 Å². The Morgan fingerprint density at radius 1 is 1.15 bits per heavy atom. The lowest BCUT2D eigenvalue weighted by molar-refractivity contribution is -0.125. The molecule has 7 nitrogen and oxygen atoms in total. The summed E-state index contributed by atoms with van der Waals surface area (Å²) in [5.41, 5.74) is 2.15. The molecule has 0 saturated carbocycles. The summed E-state index contributed by atoms with van der Waals surface area (Å²) in [6.07, 6.45) is 1.95. The van der Waals surface area contributed by atoms with Gasteiger partial charge in [0.2, 0.25) is 0 Å². The standard InChI is InChI=1S/C19H25N3O4/c1-5-6-7-22-11-15-16(18(22)23)17(20-19(24)21(15)2)12-8-13(25-3)10-14(9-12)26-4/h8-10,17H,5-7,11H2,1-4H3,(H,20,24)/t17-/m0/s1. The van der Waals surface area contributed by atoms with Crippen molar-refractivity contribution >= 4 is 11.9 Å². The highest BCUT2D eigenvalue weighted by atomic mass is 16.5. The number of benzene rings is 1. The van der Waals surface area contributed by atoms with Gasteiger partial charge in [0.1, 0.15) is 11.5 Å². The highest BCUT2D eigenvalue weighted by Gasteiger charge is 2.42. The molecule has 0 aromatic heterocycles. The zero-order valence-electron chi connectivity index (χ0n) is 15.7. The molecule has 0 unspecified atom stereocenters. The van der Waals surface area contributed by atoms with E-state index in [9.17, 15) is 9.59 Å². The smallest absolute Gasteiger partial charge is 0.322 e. The van der Waals surface area contributed by atoms with E-state index in [4.69, 9.17) is 9.47 Å². The lowest BCUT2D eigenvalue weighted by Crippen LogP contribution is -2.45. The first-order valence-corrected chi connectivity index (χ1v) is 8.79.